The number of hydrogen-bond acceptors (Lipinski definition) is 3. The summed E-state index contributed by atoms with van der Waals surface area (Å²) >= 11 is 0. The van der Waals surface area contributed by atoms with Crippen LogP contribution < -0.4 is 0 Å². The maximum absolute atomic E-state index is 10.6. The first-order valence-electron chi connectivity index (χ1n) is 3.88. The first-order chi connectivity index (χ1) is 5.81. The lowest BCUT2D eigenvalue weighted by Crippen LogP contribution is -2.06. The van der Waals surface area contributed by atoms with Crippen LogP contribution in [-0.4, -0.2) is 19.4 Å². The topological polar surface area (TPSA) is 35.5 Å². The van der Waals surface area contributed by atoms with E-state index in [0.717, 1.165) is 0 Å². The third-order valence-corrected chi connectivity index (χ3v) is 0.999. The van der Waals surface area contributed by atoms with Crippen LogP contribution in [0.3, 0.4) is 0 Å². The van der Waals surface area contributed by atoms with Crippen molar-refractivity contribution in [3.8, 4) is 0 Å². The predicted molar refractivity (Wildman–Crippen MR) is 46.9 cm³/mol. The summed E-state index contributed by atoms with van der Waals surface area (Å²) in [5, 5.41) is 0. The van der Waals surface area contributed by atoms with Crippen molar-refractivity contribution in [1.82, 2.24) is 0 Å². The highest BCUT2D eigenvalue weighted by Crippen LogP contribution is 1.85. The van der Waals surface area contributed by atoms with Crippen molar-refractivity contribution in [2.45, 2.75) is 13.8 Å². The predicted octanol–water partition coefficient (Wildman–Crippen LogP) is 2.29. The van der Waals surface area contributed by atoms with Crippen LogP contribution in [0, 0.1) is 0 Å². The van der Waals surface area contributed by atoms with Crippen LogP contribution in [0.4, 0.5) is 4.79 Å². The number of hydrogen-bond donors (Lipinski definition) is 0. The Bertz CT molecular complexity index is 171. The normalized spacial score (nSPS) is 10.8. The van der Waals surface area contributed by atoms with E-state index in [2.05, 4.69) is 9.47 Å². The van der Waals surface area contributed by atoms with Crippen LogP contribution in [-0.2, 0) is 9.47 Å². The van der Waals surface area contributed by atoms with Gasteiger partial charge < -0.3 is 9.47 Å². The van der Waals surface area contributed by atoms with E-state index in [1.165, 1.54) is 0 Å². The lowest BCUT2D eigenvalue weighted by molar-refractivity contribution is 0.0673. The molecule has 0 aliphatic rings. The Hall–Kier alpha value is -1.25. The second-order valence-electron chi connectivity index (χ2n) is 1.95. The summed E-state index contributed by atoms with van der Waals surface area (Å²) in [6.45, 7) is 4.24. The molecule has 12 heavy (non-hydrogen) atoms. The van der Waals surface area contributed by atoms with Crippen molar-refractivity contribution >= 4 is 6.16 Å². The Morgan fingerprint density at radius 2 is 2.08 bits per heavy atom. The molecule has 0 unspecified atom stereocenters. The van der Waals surface area contributed by atoms with Crippen LogP contribution in [0.15, 0.2) is 24.3 Å². The fraction of sp³-hybridized carbons (Fsp3) is 0.444. The van der Waals surface area contributed by atoms with Gasteiger partial charge in [-0.25, -0.2) is 4.79 Å². The largest absolute Gasteiger partial charge is 0.508 e. The van der Waals surface area contributed by atoms with Crippen molar-refractivity contribution in [3.63, 3.8) is 0 Å². The van der Waals surface area contributed by atoms with Crippen molar-refractivity contribution in [1.29, 1.82) is 0 Å². The SMILES string of the molecule is C/C=C/C=C/COC(=O)OCC. The van der Waals surface area contributed by atoms with E-state index < -0.39 is 6.16 Å². The molecule has 0 heterocycles. The lowest BCUT2D eigenvalue weighted by Gasteiger charge is -1.99. The van der Waals surface area contributed by atoms with E-state index in [4.69, 9.17) is 0 Å². The molecule has 0 bridgehead atoms. The second-order valence-corrected chi connectivity index (χ2v) is 1.95. The van der Waals surface area contributed by atoms with Gasteiger partial charge in [0.2, 0.25) is 0 Å². The minimum absolute atomic E-state index is 0.253. The van der Waals surface area contributed by atoms with Crippen LogP contribution >= 0.6 is 0 Å². The summed E-state index contributed by atoms with van der Waals surface area (Å²) in [7, 11) is 0. The fourth-order valence-corrected chi connectivity index (χ4v) is 0.521. The average molecular weight is 170 g/mol. The monoisotopic (exact) mass is 170 g/mol. The van der Waals surface area contributed by atoms with E-state index in [0.29, 0.717) is 6.61 Å². The summed E-state index contributed by atoms with van der Waals surface area (Å²) in [5.41, 5.74) is 0. The molecule has 3 heteroatoms. The molecule has 0 aromatic rings. The van der Waals surface area contributed by atoms with Gasteiger partial charge in [-0.15, -0.1) is 0 Å². The van der Waals surface area contributed by atoms with Crippen molar-refractivity contribution in [3.05, 3.63) is 24.3 Å². The quantitative estimate of drug-likeness (QED) is 0.479. The average Bonchev–Trinajstić information content (AvgIpc) is 2.05. The maximum Gasteiger partial charge on any atom is 0.508 e. The van der Waals surface area contributed by atoms with Gasteiger partial charge in [-0.2, -0.15) is 0 Å². The Morgan fingerprint density at radius 1 is 1.33 bits per heavy atom. The van der Waals surface area contributed by atoms with Crippen LogP contribution in [0.5, 0.6) is 0 Å². The molecule has 0 aromatic carbocycles. The molecule has 0 amide bonds. The van der Waals surface area contributed by atoms with Crippen LogP contribution in [0.25, 0.3) is 0 Å². The number of allylic oxidation sites excluding steroid dienone is 3. The molecule has 0 aliphatic carbocycles. The summed E-state index contributed by atoms with van der Waals surface area (Å²) in [6.07, 6.45) is 6.66. The van der Waals surface area contributed by atoms with E-state index in [9.17, 15) is 4.79 Å². The highest BCUT2D eigenvalue weighted by molar-refractivity contribution is 5.59. The zero-order valence-corrected chi connectivity index (χ0v) is 7.45. The van der Waals surface area contributed by atoms with Gasteiger partial charge >= 0.3 is 6.16 Å². The van der Waals surface area contributed by atoms with E-state index in [1.54, 1.807) is 19.1 Å². The molecule has 0 radical (unpaired) electrons. The zero-order chi connectivity index (χ0) is 9.23. The molecule has 0 fully saturated rings. The lowest BCUT2D eigenvalue weighted by atomic mass is 10.4. The summed E-state index contributed by atoms with van der Waals surface area (Å²) in [4.78, 5) is 10.6. The van der Waals surface area contributed by atoms with Gasteiger partial charge in [-0.05, 0) is 19.9 Å². The third kappa shape index (κ3) is 6.86. The van der Waals surface area contributed by atoms with Gasteiger partial charge in [-0.3, -0.25) is 0 Å². The molecule has 0 aromatic heterocycles. The van der Waals surface area contributed by atoms with Crippen molar-refractivity contribution in [2.24, 2.45) is 0 Å². The van der Waals surface area contributed by atoms with Gasteiger partial charge in [0, 0.05) is 0 Å². The molecule has 0 saturated carbocycles. The Kier molecular flexibility index (Phi) is 7.03. The number of rotatable bonds is 4. The minimum atomic E-state index is -0.623. The fourth-order valence-electron chi connectivity index (χ4n) is 0.521. The molecule has 0 saturated heterocycles. The molecule has 68 valence electrons. The van der Waals surface area contributed by atoms with Gasteiger partial charge in [-0.1, -0.05) is 18.2 Å². The summed E-state index contributed by atoms with van der Waals surface area (Å²) in [6, 6.07) is 0. The van der Waals surface area contributed by atoms with Gasteiger partial charge in [0.25, 0.3) is 0 Å². The first kappa shape index (κ1) is 10.8. The molecular formula is C9H14O3. The minimum Gasteiger partial charge on any atom is -0.435 e. The highest BCUT2D eigenvalue weighted by Gasteiger charge is 1.97. The molecule has 0 aliphatic heterocycles. The molecule has 3 nitrogen and oxygen atoms in total. The first-order valence-corrected chi connectivity index (χ1v) is 3.88. The van der Waals surface area contributed by atoms with Gasteiger partial charge in [0.1, 0.15) is 6.61 Å². The van der Waals surface area contributed by atoms with E-state index in [1.807, 2.05) is 19.1 Å². The molecular weight excluding hydrogens is 156 g/mol. The Labute approximate surface area is 72.7 Å². The van der Waals surface area contributed by atoms with Crippen molar-refractivity contribution < 1.29 is 14.3 Å². The Balaban J connectivity index is 3.36. The second kappa shape index (κ2) is 7.85. The van der Waals surface area contributed by atoms with E-state index in [-0.39, 0.29) is 6.61 Å². The number of carbonyl (C=O) groups excluding carboxylic acids is 1. The number of ether oxygens (including phenoxy) is 2. The Morgan fingerprint density at radius 3 is 2.67 bits per heavy atom. The molecule has 0 rings (SSSR count). The van der Waals surface area contributed by atoms with Crippen LogP contribution in [0.2, 0.25) is 0 Å². The maximum atomic E-state index is 10.6. The van der Waals surface area contributed by atoms with Crippen LogP contribution in [0.1, 0.15) is 13.8 Å². The van der Waals surface area contributed by atoms with E-state index >= 15 is 0 Å². The highest BCUT2D eigenvalue weighted by atomic mass is 16.7. The molecule has 0 spiro atoms. The molecule has 0 atom stereocenters. The third-order valence-electron chi connectivity index (χ3n) is 0.999. The summed E-state index contributed by atoms with van der Waals surface area (Å²) < 4.78 is 9.18. The molecule has 0 N–H and O–H groups in total. The summed E-state index contributed by atoms with van der Waals surface area (Å²) in [5.74, 6) is 0. The number of carbonyl (C=O) groups is 1. The van der Waals surface area contributed by atoms with Crippen molar-refractivity contribution in [2.75, 3.05) is 13.2 Å². The smallest absolute Gasteiger partial charge is 0.435 e. The standard InChI is InChI=1S/C9H14O3/c1-3-5-6-7-8-12-9(10)11-4-2/h3,5-7H,4,8H2,1-2H3/b5-3+,7-6+. The zero-order valence-electron chi connectivity index (χ0n) is 7.45. The van der Waals surface area contributed by atoms with Gasteiger partial charge in [0.05, 0.1) is 6.61 Å². The van der Waals surface area contributed by atoms with Gasteiger partial charge in [0.15, 0.2) is 0 Å².